The van der Waals surface area contributed by atoms with Crippen LogP contribution in [-0.4, -0.2) is 42.6 Å². The van der Waals surface area contributed by atoms with Gasteiger partial charge >= 0.3 is 5.97 Å². The van der Waals surface area contributed by atoms with Gasteiger partial charge in [-0.1, -0.05) is 39.0 Å². The predicted molar refractivity (Wildman–Crippen MR) is 77.5 cm³/mol. The van der Waals surface area contributed by atoms with Gasteiger partial charge in [0.25, 0.3) is 0 Å². The molecule has 0 aliphatic heterocycles. The van der Waals surface area contributed by atoms with Gasteiger partial charge in [-0.15, -0.1) is 0 Å². The SMILES string of the molecule is CCCCCCCCOCCN[C@@H](CS)C(=O)O. The first-order chi connectivity index (χ1) is 8.72. The second-order valence-electron chi connectivity index (χ2n) is 4.41. The summed E-state index contributed by atoms with van der Waals surface area (Å²) in [6.45, 7) is 4.11. The molecule has 108 valence electrons. The van der Waals surface area contributed by atoms with Gasteiger partial charge in [-0.05, 0) is 6.42 Å². The van der Waals surface area contributed by atoms with Gasteiger partial charge in [0.1, 0.15) is 6.04 Å². The molecule has 0 aromatic carbocycles. The van der Waals surface area contributed by atoms with E-state index in [9.17, 15) is 4.79 Å². The number of rotatable bonds is 13. The summed E-state index contributed by atoms with van der Waals surface area (Å²) in [7, 11) is 0. The van der Waals surface area contributed by atoms with Crippen molar-refractivity contribution in [3.05, 3.63) is 0 Å². The molecule has 0 spiro atoms. The minimum Gasteiger partial charge on any atom is -0.480 e. The summed E-state index contributed by atoms with van der Waals surface area (Å²) in [4.78, 5) is 10.7. The second-order valence-corrected chi connectivity index (χ2v) is 4.77. The summed E-state index contributed by atoms with van der Waals surface area (Å²) in [5.74, 6) is -0.562. The Kier molecular flexibility index (Phi) is 13.0. The van der Waals surface area contributed by atoms with Crippen molar-refractivity contribution in [2.75, 3.05) is 25.5 Å². The van der Waals surface area contributed by atoms with Crippen molar-refractivity contribution in [2.24, 2.45) is 0 Å². The Bertz CT molecular complexity index is 203. The number of nitrogens with one attached hydrogen (secondary N) is 1. The number of thiol groups is 1. The van der Waals surface area contributed by atoms with Crippen LogP contribution in [0.25, 0.3) is 0 Å². The molecule has 1 atom stereocenters. The lowest BCUT2D eigenvalue weighted by Crippen LogP contribution is -2.40. The predicted octanol–water partition coefficient (Wildman–Crippen LogP) is 2.34. The zero-order valence-electron chi connectivity index (χ0n) is 11.4. The average molecular weight is 277 g/mol. The summed E-state index contributed by atoms with van der Waals surface area (Å²) in [6.07, 6.45) is 7.53. The third kappa shape index (κ3) is 10.9. The zero-order valence-corrected chi connectivity index (χ0v) is 12.3. The smallest absolute Gasteiger partial charge is 0.321 e. The van der Waals surface area contributed by atoms with E-state index in [0.29, 0.717) is 18.9 Å². The highest BCUT2D eigenvalue weighted by Gasteiger charge is 2.13. The molecular weight excluding hydrogens is 250 g/mol. The maximum Gasteiger partial charge on any atom is 0.321 e. The molecule has 0 fully saturated rings. The molecule has 0 amide bonds. The van der Waals surface area contributed by atoms with E-state index >= 15 is 0 Å². The topological polar surface area (TPSA) is 58.6 Å². The Hall–Kier alpha value is -0.260. The summed E-state index contributed by atoms with van der Waals surface area (Å²) >= 11 is 3.97. The van der Waals surface area contributed by atoms with Crippen LogP contribution in [0, 0.1) is 0 Å². The van der Waals surface area contributed by atoms with Gasteiger partial charge in [-0.3, -0.25) is 4.79 Å². The third-order valence-corrected chi connectivity index (χ3v) is 3.13. The molecular formula is C13H27NO3S. The van der Waals surface area contributed by atoms with Crippen molar-refractivity contribution >= 4 is 18.6 Å². The Morgan fingerprint density at radius 3 is 2.50 bits per heavy atom. The fourth-order valence-corrected chi connectivity index (χ4v) is 1.91. The van der Waals surface area contributed by atoms with Crippen molar-refractivity contribution in [3.8, 4) is 0 Å². The average Bonchev–Trinajstić information content (AvgIpc) is 2.35. The highest BCUT2D eigenvalue weighted by Crippen LogP contribution is 2.04. The van der Waals surface area contributed by atoms with Crippen LogP contribution in [0.4, 0.5) is 0 Å². The molecule has 0 radical (unpaired) electrons. The molecule has 4 nitrogen and oxygen atoms in total. The van der Waals surface area contributed by atoms with Crippen LogP contribution in [0.2, 0.25) is 0 Å². The summed E-state index contributed by atoms with van der Waals surface area (Å²) in [5, 5.41) is 11.7. The third-order valence-electron chi connectivity index (χ3n) is 2.76. The summed E-state index contributed by atoms with van der Waals surface area (Å²) < 4.78 is 5.43. The largest absolute Gasteiger partial charge is 0.480 e. The van der Waals surface area contributed by atoms with Gasteiger partial charge in [0, 0.05) is 18.9 Å². The van der Waals surface area contributed by atoms with E-state index in [2.05, 4.69) is 24.9 Å². The van der Waals surface area contributed by atoms with Crippen molar-refractivity contribution in [1.29, 1.82) is 0 Å². The fraction of sp³-hybridized carbons (Fsp3) is 0.923. The van der Waals surface area contributed by atoms with Crippen LogP contribution >= 0.6 is 12.6 Å². The maximum absolute atomic E-state index is 10.7. The highest BCUT2D eigenvalue weighted by molar-refractivity contribution is 7.80. The van der Waals surface area contributed by atoms with Crippen molar-refractivity contribution in [2.45, 2.75) is 51.5 Å². The van der Waals surface area contributed by atoms with Crippen LogP contribution in [0.15, 0.2) is 0 Å². The normalized spacial score (nSPS) is 12.6. The van der Waals surface area contributed by atoms with Crippen LogP contribution < -0.4 is 5.32 Å². The van der Waals surface area contributed by atoms with Gasteiger partial charge in [-0.25, -0.2) is 0 Å². The number of carbonyl (C=O) groups is 1. The molecule has 2 N–H and O–H groups in total. The molecule has 18 heavy (non-hydrogen) atoms. The van der Waals surface area contributed by atoms with Gasteiger partial charge < -0.3 is 15.2 Å². The van der Waals surface area contributed by atoms with E-state index in [1.165, 1.54) is 32.1 Å². The molecule has 0 aromatic rings. The van der Waals surface area contributed by atoms with Gasteiger partial charge in [0.05, 0.1) is 6.61 Å². The lowest BCUT2D eigenvalue weighted by Gasteiger charge is -2.11. The first kappa shape index (κ1) is 17.7. The zero-order chi connectivity index (χ0) is 13.6. The molecule has 0 bridgehead atoms. The number of hydrogen-bond donors (Lipinski definition) is 3. The number of carboxylic acids is 1. The number of aliphatic carboxylic acids is 1. The van der Waals surface area contributed by atoms with Crippen LogP contribution in [0.1, 0.15) is 45.4 Å². The molecule has 0 heterocycles. The lowest BCUT2D eigenvalue weighted by atomic mass is 10.1. The first-order valence-electron chi connectivity index (χ1n) is 6.87. The molecule has 0 aliphatic rings. The van der Waals surface area contributed by atoms with E-state index in [4.69, 9.17) is 9.84 Å². The minimum absolute atomic E-state index is 0.298. The Morgan fingerprint density at radius 1 is 1.22 bits per heavy atom. The quantitative estimate of drug-likeness (QED) is 0.357. The van der Waals surface area contributed by atoms with Crippen molar-refractivity contribution in [3.63, 3.8) is 0 Å². The molecule has 0 aliphatic carbocycles. The van der Waals surface area contributed by atoms with Crippen molar-refractivity contribution in [1.82, 2.24) is 5.32 Å². The lowest BCUT2D eigenvalue weighted by molar-refractivity contribution is -0.138. The van der Waals surface area contributed by atoms with Crippen LogP contribution in [0.3, 0.4) is 0 Å². The minimum atomic E-state index is -0.860. The highest BCUT2D eigenvalue weighted by atomic mass is 32.1. The number of ether oxygens (including phenoxy) is 1. The van der Waals surface area contributed by atoms with E-state index in [-0.39, 0.29) is 0 Å². The van der Waals surface area contributed by atoms with Crippen LogP contribution in [-0.2, 0) is 9.53 Å². The molecule has 0 rings (SSSR count). The maximum atomic E-state index is 10.7. The van der Waals surface area contributed by atoms with Gasteiger partial charge in [-0.2, -0.15) is 12.6 Å². The molecule has 0 unspecified atom stereocenters. The van der Waals surface area contributed by atoms with E-state index < -0.39 is 12.0 Å². The molecule has 0 aromatic heterocycles. The van der Waals surface area contributed by atoms with Crippen molar-refractivity contribution < 1.29 is 14.6 Å². The van der Waals surface area contributed by atoms with E-state index in [1.807, 2.05) is 0 Å². The number of hydrogen-bond acceptors (Lipinski definition) is 4. The first-order valence-corrected chi connectivity index (χ1v) is 7.50. The molecule has 5 heteroatoms. The Morgan fingerprint density at radius 2 is 1.89 bits per heavy atom. The Labute approximate surface area is 116 Å². The number of unbranched alkanes of at least 4 members (excludes halogenated alkanes) is 5. The number of carboxylic acid groups (broad SMARTS) is 1. The Balaban J connectivity index is 3.18. The van der Waals surface area contributed by atoms with E-state index in [1.54, 1.807) is 0 Å². The van der Waals surface area contributed by atoms with Gasteiger partial charge in [0.2, 0.25) is 0 Å². The summed E-state index contributed by atoms with van der Waals surface area (Å²) in [5.41, 5.74) is 0. The molecule has 0 saturated heterocycles. The molecule has 0 saturated carbocycles. The summed E-state index contributed by atoms with van der Waals surface area (Å²) in [6, 6.07) is -0.578. The van der Waals surface area contributed by atoms with Gasteiger partial charge in [0.15, 0.2) is 0 Å². The van der Waals surface area contributed by atoms with Crippen LogP contribution in [0.5, 0.6) is 0 Å². The fourth-order valence-electron chi connectivity index (χ4n) is 1.62. The van der Waals surface area contributed by atoms with E-state index in [0.717, 1.165) is 13.0 Å². The standard InChI is InChI=1S/C13H27NO3S/c1-2-3-4-5-6-7-9-17-10-8-14-12(11-18)13(15)16/h12,14,18H,2-11H2,1H3,(H,15,16)/t12-/m0/s1. The second kappa shape index (κ2) is 13.2. The monoisotopic (exact) mass is 277 g/mol.